The molecule has 1 aromatic carbocycles. The number of ether oxygens (including phenoxy) is 2. The molecule has 2 rings (SSSR count). The minimum atomic E-state index is -2.59. The molecule has 34 heteroatoms. The van der Waals surface area contributed by atoms with E-state index in [-0.39, 0.29) is 69.5 Å². The summed E-state index contributed by atoms with van der Waals surface area (Å²) in [7, 11) is 0. The van der Waals surface area contributed by atoms with Crippen LogP contribution in [0.2, 0.25) is 0 Å². The highest BCUT2D eigenvalue weighted by Gasteiger charge is 2.44. The normalized spacial score (nSPS) is 23.7. The molecule has 0 saturated carbocycles. The standard InChI is InChI=1S/C61H101N15O19/c1-13-32(8)41-54(88)74-42(33(9)78)53(87)67-27-40(80)72-44(47(82)49(62)83)56(90)71-38(28-77)58(92)94-48(34-19-15-14-16-20-34)45(76-52(86)36(25-29(2)3)68-39(79)22-18-24-66-60(93)95-61(10,11)12)57(91)75-43(46(81)31(6)7)55(89)70-37(26-30(4)5)51(85)69-35(50(84)73-41)21-17-23-65-59(63)64/h14-16,19-20,29-33,35-38,41-48,77-78,81-82H,13,17-18,21-28H2,1-12H3,(H2,62,83)(H,66,93)(H,67,87)(H,68,79)(H,69,85)(H,70,89)(H,71,90)(H,72,80)(H,73,84)(H,74,88)(H,75,91)(H,76,86)(H4,63,64,65)/t32-,33-,35+,36-,37-,38-,41-,42-,43-,44-,45-,46+,47-,48+/m0/s1. The zero-order valence-corrected chi connectivity index (χ0v) is 56.0. The molecule has 1 fully saturated rings. The van der Waals surface area contributed by atoms with Crippen molar-refractivity contribution < 1.29 is 92.2 Å². The van der Waals surface area contributed by atoms with Crippen LogP contribution in [0, 0.1) is 29.1 Å². The lowest BCUT2D eigenvalue weighted by Crippen LogP contribution is -2.64. The lowest BCUT2D eigenvalue weighted by atomic mass is 9.95. The van der Waals surface area contributed by atoms with E-state index < -0.39 is 198 Å². The summed E-state index contributed by atoms with van der Waals surface area (Å²) in [5, 5.41) is 80.8. The van der Waals surface area contributed by atoms with E-state index >= 15 is 4.79 Å². The largest absolute Gasteiger partial charge is 0.453 e. The minimum absolute atomic E-state index is 0.00508. The second-order valence-electron chi connectivity index (χ2n) is 25.4. The third-order valence-corrected chi connectivity index (χ3v) is 14.7. The van der Waals surface area contributed by atoms with Crippen LogP contribution in [0.1, 0.15) is 140 Å². The second-order valence-corrected chi connectivity index (χ2v) is 25.4. The van der Waals surface area contributed by atoms with Crippen molar-refractivity contribution in [1.82, 2.24) is 63.8 Å². The number of aliphatic hydroxyl groups excluding tert-OH is 4. The van der Waals surface area contributed by atoms with Gasteiger partial charge < -0.3 is 105 Å². The zero-order valence-electron chi connectivity index (χ0n) is 56.0. The zero-order chi connectivity index (χ0) is 72.2. The van der Waals surface area contributed by atoms with Crippen LogP contribution in [0.25, 0.3) is 0 Å². The number of guanidine groups is 1. The fourth-order valence-corrected chi connectivity index (χ4v) is 9.40. The molecule has 12 amide bonds. The van der Waals surface area contributed by atoms with Crippen LogP contribution in [0.4, 0.5) is 4.79 Å². The summed E-state index contributed by atoms with van der Waals surface area (Å²) in [6.45, 7) is 16.6. The highest BCUT2D eigenvalue weighted by Crippen LogP contribution is 2.25. The Bertz CT molecular complexity index is 2800. The number of rotatable bonds is 24. The number of carbonyl (C=O) groups excluding carboxylic acids is 13. The Balaban J connectivity index is 3.07. The van der Waals surface area contributed by atoms with Crippen LogP contribution in [-0.2, 0) is 67.0 Å². The maximum Gasteiger partial charge on any atom is 0.407 e. The number of nitrogens with one attached hydrogen (secondary N) is 13. The third-order valence-electron chi connectivity index (χ3n) is 14.7. The topological polar surface area (TPSA) is 542 Å². The molecule has 1 aliphatic heterocycles. The van der Waals surface area contributed by atoms with E-state index in [2.05, 4.69) is 53.2 Å². The Morgan fingerprint density at radius 2 is 1.24 bits per heavy atom. The average molecular weight is 1350 g/mol. The van der Waals surface area contributed by atoms with Gasteiger partial charge in [-0.25, -0.2) is 9.59 Å². The minimum Gasteiger partial charge on any atom is -0.453 e. The Hall–Kier alpha value is -8.76. The van der Waals surface area contributed by atoms with Gasteiger partial charge in [-0.05, 0) is 89.0 Å². The molecule has 14 atom stereocenters. The molecular weight excluding hydrogens is 1250 g/mol. The molecule has 1 saturated heterocycles. The summed E-state index contributed by atoms with van der Waals surface area (Å²) in [5.41, 5.74) is 9.93. The van der Waals surface area contributed by atoms with Gasteiger partial charge in [0, 0.05) is 19.5 Å². The van der Waals surface area contributed by atoms with Gasteiger partial charge in [0.1, 0.15) is 53.9 Å². The fraction of sp³-hybridized carbons (Fsp3) is 0.672. The summed E-state index contributed by atoms with van der Waals surface area (Å²) in [5.74, 6) is -17.5. The van der Waals surface area contributed by atoms with E-state index in [0.29, 0.717) is 0 Å². The van der Waals surface area contributed by atoms with Crippen molar-refractivity contribution >= 4 is 83.0 Å². The van der Waals surface area contributed by atoms with Crippen molar-refractivity contribution in [2.24, 2.45) is 35.1 Å². The van der Waals surface area contributed by atoms with Crippen molar-refractivity contribution in [3.8, 4) is 0 Å². The quantitative estimate of drug-likeness (QED) is 0.0202. The summed E-state index contributed by atoms with van der Waals surface area (Å²) in [4.78, 5) is 183. The molecule has 1 heterocycles. The number of cyclic esters (lactones) is 1. The molecule has 1 aromatic rings. The van der Waals surface area contributed by atoms with Crippen molar-refractivity contribution in [3.63, 3.8) is 0 Å². The van der Waals surface area contributed by atoms with Gasteiger partial charge in [-0.15, -0.1) is 0 Å². The average Bonchev–Trinajstić information content (AvgIpc) is 0.871. The summed E-state index contributed by atoms with van der Waals surface area (Å²) in [6.07, 6.45) is -9.30. The maximum atomic E-state index is 15.4. The number of aliphatic hydroxyl groups is 4. The molecule has 0 aromatic heterocycles. The van der Waals surface area contributed by atoms with E-state index in [9.17, 15) is 78.0 Å². The van der Waals surface area contributed by atoms with Gasteiger partial charge in [-0.2, -0.15) is 0 Å². The number of carbonyl (C=O) groups is 13. The molecule has 0 spiro atoms. The van der Waals surface area contributed by atoms with Crippen LogP contribution in [0.5, 0.6) is 0 Å². The monoisotopic (exact) mass is 1350 g/mol. The van der Waals surface area contributed by atoms with Gasteiger partial charge in [0.15, 0.2) is 24.2 Å². The van der Waals surface area contributed by atoms with Gasteiger partial charge in [0.25, 0.3) is 0 Å². The number of hydrogen-bond donors (Lipinski definition) is 19. The van der Waals surface area contributed by atoms with Gasteiger partial charge in [-0.1, -0.05) is 92.1 Å². The first-order chi connectivity index (χ1) is 44.3. The molecule has 0 aliphatic carbocycles. The van der Waals surface area contributed by atoms with E-state index in [1.165, 1.54) is 44.2 Å². The Kier molecular flexibility index (Phi) is 34.5. The first kappa shape index (κ1) is 82.3. The lowest BCUT2D eigenvalue weighted by molar-refractivity contribution is -0.159. The Labute approximate surface area is 552 Å². The SMILES string of the molecule is CC[C@H](C)[C@@H]1NC(=O)[C@@H](CCCNC(=N)N)NC(=O)[C@H](CC(C)C)NC(=O)[C@H]([C@H](O)C(C)C)NC(=O)[C@@H](NC(=O)[C@H](CC(C)C)NC(=O)CCCNC(=O)OC(C)(C)C)[C@@H](c2ccccc2)OC(=O)[C@H](CO)NC(=O)[C@H]([C@H](O)C(N)=O)NC(=O)CNC(=O)[C@H]([C@H](C)O)NC1=O. The molecule has 1 aliphatic rings. The molecule has 0 bridgehead atoms. The van der Waals surface area contributed by atoms with Crippen LogP contribution >= 0.6 is 0 Å². The van der Waals surface area contributed by atoms with Gasteiger partial charge in [-0.3, -0.25) is 58.1 Å². The molecule has 0 radical (unpaired) electrons. The molecule has 0 unspecified atom stereocenters. The summed E-state index contributed by atoms with van der Waals surface area (Å²) < 4.78 is 11.2. The highest BCUT2D eigenvalue weighted by molar-refractivity contribution is 6.00. The molecule has 34 nitrogen and oxygen atoms in total. The predicted octanol–water partition coefficient (Wildman–Crippen LogP) is -4.29. The highest BCUT2D eigenvalue weighted by atomic mass is 16.6. The number of esters is 1. The van der Waals surface area contributed by atoms with Crippen molar-refractivity contribution in [2.75, 3.05) is 26.2 Å². The van der Waals surface area contributed by atoms with Crippen LogP contribution in [-0.4, -0.2) is 208 Å². The number of amides is 12. The van der Waals surface area contributed by atoms with E-state index in [1.54, 1.807) is 62.3 Å². The predicted molar refractivity (Wildman–Crippen MR) is 341 cm³/mol. The smallest absolute Gasteiger partial charge is 0.407 e. The summed E-state index contributed by atoms with van der Waals surface area (Å²) in [6, 6.07) is -9.88. The second kappa shape index (κ2) is 39.8. The molecular formula is C61H101N15O19. The van der Waals surface area contributed by atoms with E-state index in [1.807, 2.05) is 10.6 Å². The first-order valence-corrected chi connectivity index (χ1v) is 31.6. The molecule has 95 heavy (non-hydrogen) atoms. The van der Waals surface area contributed by atoms with Crippen LogP contribution < -0.4 is 75.3 Å². The van der Waals surface area contributed by atoms with Crippen molar-refractivity contribution in [2.45, 2.75) is 212 Å². The Morgan fingerprint density at radius 1 is 0.684 bits per heavy atom. The van der Waals surface area contributed by atoms with Crippen LogP contribution in [0.15, 0.2) is 30.3 Å². The first-order valence-electron chi connectivity index (χ1n) is 31.6. The molecule has 21 N–H and O–H groups in total. The van der Waals surface area contributed by atoms with Gasteiger partial charge >= 0.3 is 12.1 Å². The third kappa shape index (κ3) is 28.8. The number of primary amides is 1. The van der Waals surface area contributed by atoms with Gasteiger partial charge in [0.2, 0.25) is 65.0 Å². The number of benzene rings is 1. The van der Waals surface area contributed by atoms with Crippen LogP contribution in [0.3, 0.4) is 0 Å². The van der Waals surface area contributed by atoms with Gasteiger partial charge in [0.05, 0.1) is 25.4 Å². The van der Waals surface area contributed by atoms with Crippen molar-refractivity contribution in [3.05, 3.63) is 35.9 Å². The number of nitrogens with two attached hydrogens (primary N) is 2. The molecule has 534 valence electrons. The van der Waals surface area contributed by atoms with E-state index in [0.717, 1.165) is 6.92 Å². The maximum absolute atomic E-state index is 15.4. The van der Waals surface area contributed by atoms with Crippen molar-refractivity contribution in [1.29, 1.82) is 5.41 Å². The summed E-state index contributed by atoms with van der Waals surface area (Å²) >= 11 is 0. The Morgan fingerprint density at radius 3 is 1.79 bits per heavy atom. The fourth-order valence-electron chi connectivity index (χ4n) is 9.40. The number of hydrogen-bond acceptors (Lipinski definition) is 20. The number of alkyl carbamates (subject to hydrolysis) is 1. The van der Waals surface area contributed by atoms with E-state index in [4.69, 9.17) is 26.4 Å². The lowest BCUT2D eigenvalue weighted by Gasteiger charge is -2.33.